The quantitative estimate of drug-likeness (QED) is 0.893. The van der Waals surface area contributed by atoms with Gasteiger partial charge in [-0.25, -0.2) is 8.78 Å². The number of hydrogen-bond donors (Lipinski definition) is 2. The first kappa shape index (κ1) is 16.8. The molecule has 0 aromatic heterocycles. The van der Waals surface area contributed by atoms with Crippen molar-refractivity contribution in [1.82, 2.24) is 4.90 Å². The molecule has 2 atom stereocenters. The second-order valence-corrected chi connectivity index (χ2v) is 5.89. The molecule has 6 heteroatoms. The highest BCUT2D eigenvalue weighted by molar-refractivity contribution is 5.94. The number of halogens is 2. The lowest BCUT2D eigenvalue weighted by molar-refractivity contribution is -0.0714. The molecule has 1 aliphatic rings. The Morgan fingerprint density at radius 3 is 2.77 bits per heavy atom. The summed E-state index contributed by atoms with van der Waals surface area (Å²) in [5, 5.41) is 19.9. The predicted molar refractivity (Wildman–Crippen MR) is 77.3 cm³/mol. The summed E-state index contributed by atoms with van der Waals surface area (Å²) in [6, 6.07) is 3.46. The molecule has 0 radical (unpaired) electrons. The Morgan fingerprint density at radius 1 is 1.45 bits per heavy atom. The van der Waals surface area contributed by atoms with E-state index in [2.05, 4.69) is 0 Å². The van der Waals surface area contributed by atoms with Crippen LogP contribution < -0.4 is 0 Å². The van der Waals surface area contributed by atoms with Gasteiger partial charge >= 0.3 is 0 Å². The van der Waals surface area contributed by atoms with Crippen molar-refractivity contribution in [2.75, 3.05) is 19.7 Å². The SMILES string of the molecule is CCC[C@]1(CO)CCN(C(=O)c2cccc(F)c2F)C[C@H]1O. The molecule has 0 saturated carbocycles. The Morgan fingerprint density at radius 2 is 2.18 bits per heavy atom. The number of carbonyl (C=O) groups is 1. The third-order valence-electron chi connectivity index (χ3n) is 4.51. The van der Waals surface area contributed by atoms with Crippen LogP contribution in [0, 0.1) is 17.0 Å². The fourth-order valence-electron chi connectivity index (χ4n) is 3.09. The molecule has 2 rings (SSSR count). The zero-order valence-electron chi connectivity index (χ0n) is 12.6. The number of carbonyl (C=O) groups excluding carboxylic acids is 1. The third kappa shape index (κ3) is 2.98. The smallest absolute Gasteiger partial charge is 0.257 e. The van der Waals surface area contributed by atoms with Crippen LogP contribution in [-0.4, -0.2) is 46.8 Å². The van der Waals surface area contributed by atoms with Crippen molar-refractivity contribution in [3.05, 3.63) is 35.4 Å². The highest BCUT2D eigenvalue weighted by Crippen LogP contribution is 2.36. The van der Waals surface area contributed by atoms with Crippen LogP contribution in [0.1, 0.15) is 36.5 Å². The van der Waals surface area contributed by atoms with E-state index in [4.69, 9.17) is 0 Å². The molecule has 1 heterocycles. The van der Waals surface area contributed by atoms with E-state index in [1.165, 1.54) is 17.0 Å². The number of nitrogens with zero attached hydrogens (tertiary/aromatic N) is 1. The summed E-state index contributed by atoms with van der Waals surface area (Å²) in [4.78, 5) is 13.6. The molecule has 0 bridgehead atoms. The zero-order valence-corrected chi connectivity index (χ0v) is 12.6. The Kier molecular flexibility index (Phi) is 5.13. The summed E-state index contributed by atoms with van der Waals surface area (Å²) in [6.45, 7) is 2.11. The van der Waals surface area contributed by atoms with E-state index in [0.29, 0.717) is 19.4 Å². The molecular formula is C16H21F2NO3. The third-order valence-corrected chi connectivity index (χ3v) is 4.51. The maximum Gasteiger partial charge on any atom is 0.257 e. The zero-order chi connectivity index (χ0) is 16.3. The Labute approximate surface area is 128 Å². The van der Waals surface area contributed by atoms with Crippen LogP contribution in [0.15, 0.2) is 18.2 Å². The number of rotatable bonds is 4. The number of amides is 1. The summed E-state index contributed by atoms with van der Waals surface area (Å²) in [5.41, 5.74) is -0.953. The predicted octanol–water partition coefficient (Wildman–Crippen LogP) is 1.95. The number of aliphatic hydroxyl groups excluding tert-OH is 2. The largest absolute Gasteiger partial charge is 0.396 e. The highest BCUT2D eigenvalue weighted by atomic mass is 19.2. The lowest BCUT2D eigenvalue weighted by atomic mass is 9.73. The normalized spacial score (nSPS) is 25.3. The van der Waals surface area contributed by atoms with E-state index in [9.17, 15) is 23.8 Å². The first-order valence-corrected chi connectivity index (χ1v) is 7.47. The molecule has 2 N–H and O–H groups in total. The molecule has 1 aliphatic heterocycles. The molecule has 1 amide bonds. The maximum absolute atomic E-state index is 13.7. The van der Waals surface area contributed by atoms with Gasteiger partial charge in [-0.15, -0.1) is 0 Å². The lowest BCUT2D eigenvalue weighted by Crippen LogP contribution is -2.54. The van der Waals surface area contributed by atoms with Gasteiger partial charge in [-0.05, 0) is 25.0 Å². The molecule has 22 heavy (non-hydrogen) atoms. The first-order chi connectivity index (χ1) is 10.4. The van der Waals surface area contributed by atoms with E-state index in [0.717, 1.165) is 12.5 Å². The second kappa shape index (κ2) is 6.71. The molecule has 1 aromatic rings. The maximum atomic E-state index is 13.7. The van der Waals surface area contributed by atoms with Crippen molar-refractivity contribution in [3.8, 4) is 0 Å². The molecule has 0 unspecified atom stereocenters. The Hall–Kier alpha value is -1.53. The van der Waals surface area contributed by atoms with Crippen molar-refractivity contribution in [2.45, 2.75) is 32.3 Å². The van der Waals surface area contributed by atoms with Crippen molar-refractivity contribution >= 4 is 5.91 Å². The van der Waals surface area contributed by atoms with Gasteiger partial charge in [0.2, 0.25) is 0 Å². The Balaban J connectivity index is 2.16. The summed E-state index contributed by atoms with van der Waals surface area (Å²) >= 11 is 0. The van der Waals surface area contributed by atoms with E-state index >= 15 is 0 Å². The van der Waals surface area contributed by atoms with Gasteiger partial charge in [0.05, 0.1) is 18.3 Å². The number of β-amino-alcohol motifs (C(OH)–C–C–N with tert-alkyl or cyclic N) is 1. The Bertz CT molecular complexity index is 552. The monoisotopic (exact) mass is 313 g/mol. The van der Waals surface area contributed by atoms with Gasteiger partial charge in [-0.2, -0.15) is 0 Å². The molecule has 0 aliphatic carbocycles. The fraction of sp³-hybridized carbons (Fsp3) is 0.562. The van der Waals surface area contributed by atoms with Gasteiger partial charge in [0.25, 0.3) is 5.91 Å². The summed E-state index contributed by atoms with van der Waals surface area (Å²) in [7, 11) is 0. The van der Waals surface area contributed by atoms with Crippen LogP contribution in [0.25, 0.3) is 0 Å². The number of piperidine rings is 1. The van der Waals surface area contributed by atoms with E-state index in [1.807, 2.05) is 6.92 Å². The first-order valence-electron chi connectivity index (χ1n) is 7.47. The molecule has 1 saturated heterocycles. The fourth-order valence-corrected chi connectivity index (χ4v) is 3.09. The van der Waals surface area contributed by atoms with Crippen molar-refractivity contribution < 1.29 is 23.8 Å². The van der Waals surface area contributed by atoms with Crippen LogP contribution in [0.3, 0.4) is 0 Å². The van der Waals surface area contributed by atoms with E-state index < -0.39 is 29.1 Å². The molecule has 4 nitrogen and oxygen atoms in total. The molecule has 1 fully saturated rings. The van der Waals surface area contributed by atoms with Gasteiger partial charge in [-0.3, -0.25) is 4.79 Å². The van der Waals surface area contributed by atoms with Gasteiger partial charge in [-0.1, -0.05) is 19.4 Å². The molecular weight excluding hydrogens is 292 g/mol. The van der Waals surface area contributed by atoms with Crippen molar-refractivity contribution in [1.29, 1.82) is 0 Å². The topological polar surface area (TPSA) is 60.8 Å². The molecule has 0 spiro atoms. The van der Waals surface area contributed by atoms with E-state index in [1.54, 1.807) is 0 Å². The van der Waals surface area contributed by atoms with Gasteiger partial charge in [0, 0.05) is 18.5 Å². The van der Waals surface area contributed by atoms with Gasteiger partial charge < -0.3 is 15.1 Å². The van der Waals surface area contributed by atoms with Crippen LogP contribution in [0.2, 0.25) is 0 Å². The standard InChI is InChI=1S/C16H21F2NO3/c1-2-6-16(10-20)7-8-19(9-13(16)21)15(22)11-4-3-5-12(17)14(11)18/h3-5,13,20-21H,2,6-10H2,1H3/t13-,16-/m1/s1. The van der Waals surface area contributed by atoms with Crippen LogP contribution in [-0.2, 0) is 0 Å². The van der Waals surface area contributed by atoms with Crippen LogP contribution >= 0.6 is 0 Å². The van der Waals surface area contributed by atoms with Gasteiger partial charge in [0.15, 0.2) is 11.6 Å². The number of likely N-dealkylation sites (tertiary alicyclic amines) is 1. The minimum Gasteiger partial charge on any atom is -0.396 e. The minimum absolute atomic E-state index is 0.00927. The average molecular weight is 313 g/mol. The van der Waals surface area contributed by atoms with E-state index in [-0.39, 0.29) is 18.7 Å². The highest BCUT2D eigenvalue weighted by Gasteiger charge is 2.42. The van der Waals surface area contributed by atoms with Crippen LogP contribution in [0.5, 0.6) is 0 Å². The minimum atomic E-state index is -1.17. The molecule has 122 valence electrons. The number of hydrogen-bond acceptors (Lipinski definition) is 3. The summed E-state index contributed by atoms with van der Waals surface area (Å²) in [5.74, 6) is -2.88. The van der Waals surface area contributed by atoms with Gasteiger partial charge in [0.1, 0.15) is 0 Å². The summed E-state index contributed by atoms with van der Waals surface area (Å²) < 4.78 is 27.0. The molecule has 1 aromatic carbocycles. The lowest BCUT2D eigenvalue weighted by Gasteiger charge is -2.44. The number of aliphatic hydroxyl groups is 2. The van der Waals surface area contributed by atoms with Crippen LogP contribution in [0.4, 0.5) is 8.78 Å². The number of benzene rings is 1. The average Bonchev–Trinajstić information content (AvgIpc) is 2.51. The summed E-state index contributed by atoms with van der Waals surface area (Å²) in [6.07, 6.45) is 1.01. The van der Waals surface area contributed by atoms with Crippen molar-refractivity contribution in [2.24, 2.45) is 5.41 Å². The second-order valence-electron chi connectivity index (χ2n) is 5.89. The van der Waals surface area contributed by atoms with Crippen molar-refractivity contribution in [3.63, 3.8) is 0 Å².